The second kappa shape index (κ2) is 9.53. The molecule has 27 heavy (non-hydrogen) atoms. The minimum Gasteiger partial charge on any atom is -0.507 e. The molecule has 0 radical (unpaired) electrons. The number of anilines is 1. The van der Waals surface area contributed by atoms with Crippen molar-refractivity contribution < 1.29 is 24.2 Å². The Morgan fingerprint density at radius 1 is 1.41 bits per heavy atom. The number of phenols is 1. The van der Waals surface area contributed by atoms with Gasteiger partial charge in [-0.15, -0.1) is 0 Å². The van der Waals surface area contributed by atoms with Crippen LogP contribution in [0, 0.1) is 5.92 Å². The van der Waals surface area contributed by atoms with E-state index in [0.717, 1.165) is 25.7 Å². The van der Waals surface area contributed by atoms with Crippen LogP contribution in [0.5, 0.6) is 11.5 Å². The molecule has 0 saturated carbocycles. The van der Waals surface area contributed by atoms with Crippen LogP contribution in [0.2, 0.25) is 0 Å². The maximum Gasteiger partial charge on any atom is 0.214 e. The molecular weight excluding hydrogens is 346 g/mol. The molecule has 0 aliphatic carbocycles. The second-order valence-electron chi connectivity index (χ2n) is 7.32. The lowest BCUT2D eigenvalue weighted by Crippen LogP contribution is -2.38. The Labute approximate surface area is 160 Å². The zero-order chi connectivity index (χ0) is 20.0. The monoisotopic (exact) mass is 375 g/mol. The van der Waals surface area contributed by atoms with Gasteiger partial charge in [0.05, 0.1) is 17.4 Å². The highest BCUT2D eigenvalue weighted by Crippen LogP contribution is 2.40. The molecule has 0 fully saturated rings. The van der Waals surface area contributed by atoms with Crippen LogP contribution in [0.1, 0.15) is 69.7 Å². The minimum absolute atomic E-state index is 0.00344. The summed E-state index contributed by atoms with van der Waals surface area (Å²) in [6, 6.07) is 3.07. The van der Waals surface area contributed by atoms with E-state index in [2.05, 4.69) is 6.92 Å². The fourth-order valence-electron chi connectivity index (χ4n) is 3.43. The van der Waals surface area contributed by atoms with E-state index in [4.69, 9.17) is 4.74 Å². The van der Waals surface area contributed by atoms with Crippen molar-refractivity contribution in [1.29, 1.82) is 0 Å². The van der Waals surface area contributed by atoms with E-state index >= 15 is 0 Å². The summed E-state index contributed by atoms with van der Waals surface area (Å²) in [6.45, 7) is 5.79. The fourth-order valence-corrected chi connectivity index (χ4v) is 3.43. The number of Topliss-reactive ketones (excluding diaryl/α,β-unsaturated/α-hetero) is 2. The zero-order valence-corrected chi connectivity index (χ0v) is 16.4. The lowest BCUT2D eigenvalue weighted by atomic mass is 9.87. The van der Waals surface area contributed by atoms with Crippen molar-refractivity contribution in [2.45, 2.75) is 65.4 Å². The zero-order valence-electron chi connectivity index (χ0n) is 16.4. The first-order valence-electron chi connectivity index (χ1n) is 9.66. The largest absolute Gasteiger partial charge is 0.507 e. The van der Waals surface area contributed by atoms with Gasteiger partial charge in [-0.2, -0.15) is 0 Å². The van der Waals surface area contributed by atoms with E-state index in [9.17, 15) is 19.5 Å². The number of phenolic OH excluding ortho intramolecular Hbond substituents is 1. The van der Waals surface area contributed by atoms with Crippen LogP contribution in [0.15, 0.2) is 12.1 Å². The number of hydrogen-bond acceptors (Lipinski definition) is 5. The summed E-state index contributed by atoms with van der Waals surface area (Å²) in [4.78, 5) is 37.0. The smallest absolute Gasteiger partial charge is 0.214 e. The average molecular weight is 375 g/mol. The molecule has 6 heteroatoms. The number of ether oxygens (including phenoxy) is 1. The number of carbonyl (C=O) groups is 3. The molecule has 1 aromatic carbocycles. The quantitative estimate of drug-likeness (QED) is 0.495. The fraction of sp³-hybridized carbons (Fsp3) is 0.571. The number of hydrogen-bond donors (Lipinski definition) is 1. The molecule has 1 aliphatic rings. The summed E-state index contributed by atoms with van der Waals surface area (Å²) < 4.78 is 5.88. The standard InChI is InChI=1S/C21H29NO5/c1-4-5-6-7-15(3)27-17-10-18-20(19(25)11-17)21(26)16(9-8-14(2)24)12-22(18)13-23/h10-11,13,15-16,25H,4-9,12H2,1-3H3. The Hall–Kier alpha value is -2.37. The normalized spacial score (nSPS) is 17.4. The molecule has 0 bridgehead atoms. The maximum atomic E-state index is 12.8. The summed E-state index contributed by atoms with van der Waals surface area (Å²) >= 11 is 0. The molecule has 6 nitrogen and oxygen atoms in total. The summed E-state index contributed by atoms with van der Waals surface area (Å²) in [7, 11) is 0. The van der Waals surface area contributed by atoms with Gasteiger partial charge in [0.2, 0.25) is 6.41 Å². The molecule has 1 amide bonds. The van der Waals surface area contributed by atoms with Crippen molar-refractivity contribution in [3.63, 3.8) is 0 Å². The molecule has 1 aliphatic heterocycles. The number of fused-ring (bicyclic) bond motifs is 1. The first kappa shape index (κ1) is 20.9. The van der Waals surface area contributed by atoms with Crippen molar-refractivity contribution in [3.8, 4) is 11.5 Å². The highest BCUT2D eigenvalue weighted by atomic mass is 16.5. The third-order valence-electron chi connectivity index (χ3n) is 4.94. The highest BCUT2D eigenvalue weighted by Gasteiger charge is 2.34. The van der Waals surface area contributed by atoms with Gasteiger partial charge in [-0.3, -0.25) is 9.59 Å². The van der Waals surface area contributed by atoms with E-state index in [-0.39, 0.29) is 41.9 Å². The van der Waals surface area contributed by atoms with Crippen LogP contribution in [-0.4, -0.2) is 35.7 Å². The molecule has 2 rings (SSSR count). The molecule has 2 atom stereocenters. The van der Waals surface area contributed by atoms with Gasteiger partial charge in [0.15, 0.2) is 5.78 Å². The lowest BCUT2D eigenvalue weighted by molar-refractivity contribution is -0.117. The van der Waals surface area contributed by atoms with Crippen molar-refractivity contribution >= 4 is 23.7 Å². The number of amides is 1. The summed E-state index contributed by atoms with van der Waals surface area (Å²) in [6.07, 6.45) is 5.49. The van der Waals surface area contributed by atoms with Gasteiger partial charge >= 0.3 is 0 Å². The lowest BCUT2D eigenvalue weighted by Gasteiger charge is -2.32. The Morgan fingerprint density at radius 2 is 2.15 bits per heavy atom. The average Bonchev–Trinajstić information content (AvgIpc) is 2.60. The van der Waals surface area contributed by atoms with Gasteiger partial charge in [0.1, 0.15) is 17.3 Å². The Balaban J connectivity index is 2.22. The summed E-state index contributed by atoms with van der Waals surface area (Å²) in [5.41, 5.74) is 0.498. The third kappa shape index (κ3) is 5.31. The van der Waals surface area contributed by atoms with Gasteiger partial charge in [0, 0.05) is 31.0 Å². The predicted octanol–water partition coefficient (Wildman–Crippen LogP) is 3.88. The third-order valence-corrected chi connectivity index (χ3v) is 4.94. The first-order chi connectivity index (χ1) is 12.9. The summed E-state index contributed by atoms with van der Waals surface area (Å²) in [5, 5.41) is 10.4. The van der Waals surface area contributed by atoms with Crippen molar-refractivity contribution in [1.82, 2.24) is 0 Å². The van der Waals surface area contributed by atoms with Crippen LogP contribution in [0.25, 0.3) is 0 Å². The molecule has 2 unspecified atom stereocenters. The number of aromatic hydroxyl groups is 1. The molecule has 0 spiro atoms. The molecule has 1 N–H and O–H groups in total. The van der Waals surface area contributed by atoms with Crippen LogP contribution in [0.4, 0.5) is 5.69 Å². The maximum absolute atomic E-state index is 12.8. The number of ketones is 2. The van der Waals surface area contributed by atoms with Crippen LogP contribution in [0.3, 0.4) is 0 Å². The number of rotatable bonds is 10. The van der Waals surface area contributed by atoms with Crippen molar-refractivity contribution in [2.24, 2.45) is 5.92 Å². The molecular formula is C21H29NO5. The first-order valence-corrected chi connectivity index (χ1v) is 9.66. The van der Waals surface area contributed by atoms with E-state index < -0.39 is 5.92 Å². The molecule has 1 aromatic rings. The summed E-state index contributed by atoms with van der Waals surface area (Å²) in [5.74, 6) is -0.470. The number of benzene rings is 1. The van der Waals surface area contributed by atoms with Crippen molar-refractivity contribution in [3.05, 3.63) is 17.7 Å². The Morgan fingerprint density at radius 3 is 2.78 bits per heavy atom. The highest BCUT2D eigenvalue weighted by molar-refractivity contribution is 6.09. The van der Waals surface area contributed by atoms with Gasteiger partial charge in [-0.25, -0.2) is 0 Å². The van der Waals surface area contributed by atoms with Gasteiger partial charge in [-0.1, -0.05) is 19.8 Å². The van der Waals surface area contributed by atoms with Gasteiger partial charge < -0.3 is 19.5 Å². The minimum atomic E-state index is -0.489. The Bertz CT molecular complexity index is 700. The topological polar surface area (TPSA) is 83.9 Å². The van der Waals surface area contributed by atoms with Crippen LogP contribution in [-0.2, 0) is 9.59 Å². The van der Waals surface area contributed by atoms with Crippen LogP contribution < -0.4 is 9.64 Å². The number of unbranched alkanes of at least 4 members (excludes halogenated alkanes) is 2. The van der Waals surface area contributed by atoms with E-state index in [0.29, 0.717) is 24.3 Å². The SMILES string of the molecule is CCCCCC(C)Oc1cc(O)c2c(c1)N(C=O)CC(CCC(C)=O)C2=O. The van der Waals surface area contributed by atoms with Crippen LogP contribution >= 0.6 is 0 Å². The number of carbonyl (C=O) groups excluding carboxylic acids is 3. The van der Waals surface area contributed by atoms with E-state index in [1.54, 1.807) is 6.07 Å². The molecule has 0 aromatic heterocycles. The molecule has 148 valence electrons. The Kier molecular flexibility index (Phi) is 7.39. The van der Waals surface area contributed by atoms with Gasteiger partial charge in [0.25, 0.3) is 0 Å². The van der Waals surface area contributed by atoms with Crippen molar-refractivity contribution in [2.75, 3.05) is 11.4 Å². The second-order valence-corrected chi connectivity index (χ2v) is 7.32. The van der Waals surface area contributed by atoms with E-state index in [1.807, 2.05) is 6.92 Å². The van der Waals surface area contributed by atoms with E-state index in [1.165, 1.54) is 17.9 Å². The predicted molar refractivity (Wildman–Crippen MR) is 103 cm³/mol. The molecule has 1 heterocycles. The van der Waals surface area contributed by atoms with Gasteiger partial charge in [-0.05, 0) is 33.1 Å². The molecule has 0 saturated heterocycles. The number of nitrogens with zero attached hydrogens (tertiary/aromatic N) is 1.